The molecule has 80 valence electrons. The Labute approximate surface area is 90.1 Å². The molecule has 0 saturated heterocycles. The predicted octanol–water partition coefficient (Wildman–Crippen LogP) is 1.62. The molecule has 1 heterocycles. The Morgan fingerprint density at radius 1 is 1.47 bits per heavy atom. The molecule has 0 aromatic heterocycles. The summed E-state index contributed by atoms with van der Waals surface area (Å²) in [6.07, 6.45) is 0. The Hall–Kier alpha value is -1.35. The van der Waals surface area contributed by atoms with Gasteiger partial charge in [-0.25, -0.2) is 0 Å². The highest BCUT2D eigenvalue weighted by Gasteiger charge is 2.34. The van der Waals surface area contributed by atoms with Crippen molar-refractivity contribution in [2.45, 2.75) is 19.9 Å². The summed E-state index contributed by atoms with van der Waals surface area (Å²) in [6, 6.07) is 5.98. The second-order valence-corrected chi connectivity index (χ2v) is 3.95. The molecular weight excluding hydrogens is 188 g/mol. The molecule has 3 heteroatoms. The van der Waals surface area contributed by atoms with Crippen LogP contribution >= 0.6 is 0 Å². The number of fused-ring (bicyclic) bond motifs is 1. The molecule has 0 radical (unpaired) electrons. The van der Waals surface area contributed by atoms with Crippen LogP contribution in [-0.4, -0.2) is 19.5 Å². The van der Waals surface area contributed by atoms with Crippen molar-refractivity contribution in [1.29, 1.82) is 0 Å². The lowest BCUT2D eigenvalue weighted by Gasteiger charge is -2.11. The first kappa shape index (κ1) is 10.2. The van der Waals surface area contributed by atoms with Gasteiger partial charge in [0.25, 0.3) is 0 Å². The van der Waals surface area contributed by atoms with Gasteiger partial charge in [-0.05, 0) is 19.5 Å². The Kier molecular flexibility index (Phi) is 2.49. The topological polar surface area (TPSA) is 32.3 Å². The first-order chi connectivity index (χ1) is 7.15. The van der Waals surface area contributed by atoms with Crippen molar-refractivity contribution in [3.05, 3.63) is 29.3 Å². The summed E-state index contributed by atoms with van der Waals surface area (Å²) in [5, 5.41) is 3.22. The Morgan fingerprint density at radius 2 is 2.20 bits per heavy atom. The summed E-state index contributed by atoms with van der Waals surface area (Å²) in [7, 11) is 1.83. The second kappa shape index (κ2) is 3.66. The van der Waals surface area contributed by atoms with Gasteiger partial charge in [0, 0.05) is 18.3 Å². The molecule has 1 amide bonds. The number of hydrogen-bond acceptors (Lipinski definition) is 2. The maximum Gasteiger partial charge on any atom is 0.248 e. The molecule has 3 nitrogen and oxygen atoms in total. The summed E-state index contributed by atoms with van der Waals surface area (Å²) < 4.78 is 0. The molecule has 0 bridgehead atoms. The van der Waals surface area contributed by atoms with Crippen molar-refractivity contribution in [2.24, 2.45) is 0 Å². The third kappa shape index (κ3) is 1.53. The van der Waals surface area contributed by atoms with E-state index in [0.29, 0.717) is 0 Å². The van der Waals surface area contributed by atoms with E-state index in [1.54, 1.807) is 4.90 Å². The molecule has 15 heavy (non-hydrogen) atoms. The fourth-order valence-corrected chi connectivity index (χ4v) is 2.06. The SMILES string of the molecule is CCNC1C(=O)N(C)c2ccc(C)cc21. The van der Waals surface area contributed by atoms with Crippen LogP contribution in [0.5, 0.6) is 0 Å². The number of nitrogens with one attached hydrogen (secondary N) is 1. The van der Waals surface area contributed by atoms with E-state index in [9.17, 15) is 4.79 Å². The van der Waals surface area contributed by atoms with Gasteiger partial charge in [0.05, 0.1) is 0 Å². The number of carbonyl (C=O) groups is 1. The number of aryl methyl sites for hydroxylation is 1. The second-order valence-electron chi connectivity index (χ2n) is 3.95. The van der Waals surface area contributed by atoms with Crippen LogP contribution < -0.4 is 10.2 Å². The van der Waals surface area contributed by atoms with Gasteiger partial charge in [-0.15, -0.1) is 0 Å². The number of hydrogen-bond donors (Lipinski definition) is 1. The van der Waals surface area contributed by atoms with Crippen molar-refractivity contribution in [3.8, 4) is 0 Å². The molecule has 0 spiro atoms. The third-order valence-electron chi connectivity index (χ3n) is 2.84. The molecule has 1 aliphatic rings. The smallest absolute Gasteiger partial charge is 0.248 e. The van der Waals surface area contributed by atoms with E-state index in [2.05, 4.69) is 11.4 Å². The quantitative estimate of drug-likeness (QED) is 0.794. The Balaban J connectivity index is 2.47. The van der Waals surface area contributed by atoms with Gasteiger partial charge in [0.2, 0.25) is 5.91 Å². The fourth-order valence-electron chi connectivity index (χ4n) is 2.06. The third-order valence-corrected chi connectivity index (χ3v) is 2.84. The van der Waals surface area contributed by atoms with Crippen LogP contribution in [0.1, 0.15) is 24.1 Å². The van der Waals surface area contributed by atoms with Crippen molar-refractivity contribution < 1.29 is 4.79 Å². The lowest BCUT2D eigenvalue weighted by Crippen LogP contribution is -2.32. The number of nitrogens with zero attached hydrogens (tertiary/aromatic N) is 1. The largest absolute Gasteiger partial charge is 0.313 e. The lowest BCUT2D eigenvalue weighted by atomic mass is 10.1. The molecule has 1 unspecified atom stereocenters. The van der Waals surface area contributed by atoms with E-state index >= 15 is 0 Å². The normalized spacial score (nSPS) is 19.5. The first-order valence-electron chi connectivity index (χ1n) is 5.26. The summed E-state index contributed by atoms with van der Waals surface area (Å²) in [6.45, 7) is 4.87. The monoisotopic (exact) mass is 204 g/mol. The number of rotatable bonds is 2. The lowest BCUT2D eigenvalue weighted by molar-refractivity contribution is -0.119. The van der Waals surface area contributed by atoms with Crippen LogP contribution in [0.3, 0.4) is 0 Å². The Bertz CT molecular complexity index is 401. The van der Waals surface area contributed by atoms with E-state index in [4.69, 9.17) is 0 Å². The fraction of sp³-hybridized carbons (Fsp3) is 0.417. The van der Waals surface area contributed by atoms with E-state index in [1.807, 2.05) is 33.0 Å². The van der Waals surface area contributed by atoms with Crippen LogP contribution in [0, 0.1) is 6.92 Å². The molecule has 0 fully saturated rings. The summed E-state index contributed by atoms with van der Waals surface area (Å²) >= 11 is 0. The van der Waals surface area contributed by atoms with E-state index < -0.39 is 0 Å². The molecule has 2 rings (SSSR count). The average molecular weight is 204 g/mol. The first-order valence-corrected chi connectivity index (χ1v) is 5.26. The minimum Gasteiger partial charge on any atom is -0.313 e. The zero-order chi connectivity index (χ0) is 11.0. The summed E-state index contributed by atoms with van der Waals surface area (Å²) in [5.41, 5.74) is 3.32. The number of amides is 1. The number of likely N-dealkylation sites (N-methyl/N-ethyl adjacent to an activating group) is 2. The van der Waals surface area contributed by atoms with Gasteiger partial charge >= 0.3 is 0 Å². The van der Waals surface area contributed by atoms with Crippen LogP contribution in [-0.2, 0) is 4.79 Å². The highest BCUT2D eigenvalue weighted by Crippen LogP contribution is 2.35. The molecule has 1 N–H and O–H groups in total. The van der Waals surface area contributed by atoms with Crippen molar-refractivity contribution in [3.63, 3.8) is 0 Å². The van der Waals surface area contributed by atoms with E-state index in [1.165, 1.54) is 5.56 Å². The van der Waals surface area contributed by atoms with Crippen molar-refractivity contribution in [1.82, 2.24) is 5.32 Å². The van der Waals surface area contributed by atoms with Crippen LogP contribution in [0.25, 0.3) is 0 Å². The molecule has 1 aliphatic heterocycles. The van der Waals surface area contributed by atoms with Crippen LogP contribution in [0.15, 0.2) is 18.2 Å². The van der Waals surface area contributed by atoms with E-state index in [0.717, 1.165) is 17.8 Å². The maximum absolute atomic E-state index is 11.9. The van der Waals surface area contributed by atoms with E-state index in [-0.39, 0.29) is 11.9 Å². The molecule has 1 aromatic carbocycles. The minimum absolute atomic E-state index is 0.137. The van der Waals surface area contributed by atoms with Gasteiger partial charge in [-0.1, -0.05) is 24.6 Å². The highest BCUT2D eigenvalue weighted by atomic mass is 16.2. The number of anilines is 1. The Morgan fingerprint density at radius 3 is 2.87 bits per heavy atom. The van der Waals surface area contributed by atoms with Crippen LogP contribution in [0.4, 0.5) is 5.69 Å². The van der Waals surface area contributed by atoms with Crippen molar-refractivity contribution in [2.75, 3.05) is 18.5 Å². The number of carbonyl (C=O) groups excluding carboxylic acids is 1. The summed E-state index contributed by atoms with van der Waals surface area (Å²) in [4.78, 5) is 13.7. The molecule has 1 aromatic rings. The molecule has 0 aliphatic carbocycles. The number of benzene rings is 1. The molecule has 1 atom stereocenters. The highest BCUT2D eigenvalue weighted by molar-refractivity contribution is 6.04. The standard InChI is InChI=1S/C12H16N2O/c1-4-13-11-9-7-8(2)5-6-10(9)14(3)12(11)15/h5-7,11,13H,4H2,1-3H3. The van der Waals surface area contributed by atoms with Crippen molar-refractivity contribution >= 4 is 11.6 Å². The van der Waals surface area contributed by atoms with Gasteiger partial charge in [0.1, 0.15) is 6.04 Å². The maximum atomic E-state index is 11.9. The molecule has 0 saturated carbocycles. The van der Waals surface area contributed by atoms with Gasteiger partial charge in [-0.3, -0.25) is 4.79 Å². The van der Waals surface area contributed by atoms with Gasteiger partial charge in [0.15, 0.2) is 0 Å². The molecular formula is C12H16N2O. The van der Waals surface area contributed by atoms with Crippen LogP contribution in [0.2, 0.25) is 0 Å². The van der Waals surface area contributed by atoms with Gasteiger partial charge in [-0.2, -0.15) is 0 Å². The zero-order valence-corrected chi connectivity index (χ0v) is 9.37. The predicted molar refractivity (Wildman–Crippen MR) is 61.0 cm³/mol. The minimum atomic E-state index is -0.158. The average Bonchev–Trinajstić information content (AvgIpc) is 2.44. The van der Waals surface area contributed by atoms with Gasteiger partial charge < -0.3 is 10.2 Å². The summed E-state index contributed by atoms with van der Waals surface area (Å²) in [5.74, 6) is 0.137. The zero-order valence-electron chi connectivity index (χ0n) is 9.37.